The van der Waals surface area contributed by atoms with Gasteiger partial charge < -0.3 is 15.0 Å². The molecule has 1 amide bonds. The Balaban J connectivity index is 1.52. The molecule has 0 radical (unpaired) electrons. The minimum Gasteiger partial charge on any atom is -0.495 e. The number of aromatic nitrogens is 2. The van der Waals surface area contributed by atoms with E-state index in [1.54, 1.807) is 31.2 Å². The van der Waals surface area contributed by atoms with Gasteiger partial charge in [-0.1, -0.05) is 12.1 Å². The van der Waals surface area contributed by atoms with Gasteiger partial charge in [-0.25, -0.2) is 17.8 Å². The first kappa shape index (κ1) is 24.6. The lowest BCUT2D eigenvalue weighted by Crippen LogP contribution is -2.43. The molecule has 3 aromatic rings. The zero-order valence-corrected chi connectivity index (χ0v) is 20.1. The van der Waals surface area contributed by atoms with Crippen molar-refractivity contribution >= 4 is 21.6 Å². The van der Waals surface area contributed by atoms with Crippen LogP contribution in [0.25, 0.3) is 11.4 Å². The smallest absolute Gasteiger partial charge is 0.251 e. The molecule has 1 aliphatic heterocycles. The van der Waals surface area contributed by atoms with E-state index in [0.29, 0.717) is 35.6 Å². The molecule has 1 aliphatic rings. The maximum absolute atomic E-state index is 13.8. The Morgan fingerprint density at radius 1 is 1.23 bits per heavy atom. The van der Waals surface area contributed by atoms with Crippen molar-refractivity contribution in [3.8, 4) is 17.1 Å². The molecule has 2 N–H and O–H groups in total. The molecule has 0 spiro atoms. The number of piperidine rings is 1. The summed E-state index contributed by atoms with van der Waals surface area (Å²) in [6.45, 7) is 1.89. The van der Waals surface area contributed by atoms with Gasteiger partial charge in [0, 0.05) is 36.1 Å². The summed E-state index contributed by atoms with van der Waals surface area (Å²) in [5.74, 6) is -1.21. The number of hydrogen-bond acceptors (Lipinski definition) is 6. The first-order chi connectivity index (χ1) is 16.7. The number of anilines is 1. The Labute approximate surface area is 202 Å². The van der Waals surface area contributed by atoms with Crippen LogP contribution in [-0.2, 0) is 14.8 Å². The fraction of sp³-hybridized carbons (Fsp3) is 0.292. The van der Waals surface area contributed by atoms with E-state index >= 15 is 0 Å². The second-order valence-electron chi connectivity index (χ2n) is 8.30. The highest BCUT2D eigenvalue weighted by Crippen LogP contribution is 2.31. The average molecular weight is 501 g/mol. The molecule has 0 saturated carbocycles. The summed E-state index contributed by atoms with van der Waals surface area (Å²) in [6.07, 6.45) is 0.980. The van der Waals surface area contributed by atoms with Crippen molar-refractivity contribution in [3.63, 3.8) is 0 Å². The maximum Gasteiger partial charge on any atom is 0.251 e. The minimum absolute atomic E-state index is 0.0394. The van der Waals surface area contributed by atoms with Crippen molar-refractivity contribution in [1.29, 1.82) is 0 Å². The predicted octanol–water partition coefficient (Wildman–Crippen LogP) is 2.93. The standard InChI is InChI=1S/C24H25FN4O5S/c1-15-11-22(30)28-23(26-15)16-5-3-7-19(12-16)27-24(31)17-6-4-10-29(14-17)35(32,33)21-13-18(25)8-9-20(21)34-2/h3,5,7-9,11-13,17H,4,6,10,14H2,1-2H3,(H,27,31)(H,26,28,30)/t17-/m1/s1. The molecule has 11 heteroatoms. The van der Waals surface area contributed by atoms with E-state index in [-0.39, 0.29) is 35.2 Å². The van der Waals surface area contributed by atoms with Gasteiger partial charge in [0.15, 0.2) is 0 Å². The Morgan fingerprint density at radius 2 is 2.03 bits per heavy atom. The zero-order valence-electron chi connectivity index (χ0n) is 19.2. The van der Waals surface area contributed by atoms with Crippen LogP contribution in [0, 0.1) is 18.7 Å². The van der Waals surface area contributed by atoms with E-state index in [4.69, 9.17) is 4.74 Å². The summed E-state index contributed by atoms with van der Waals surface area (Å²) >= 11 is 0. The quantitative estimate of drug-likeness (QED) is 0.537. The van der Waals surface area contributed by atoms with Gasteiger partial charge in [0.2, 0.25) is 15.9 Å². The minimum atomic E-state index is -4.07. The van der Waals surface area contributed by atoms with Crippen LogP contribution in [0.1, 0.15) is 18.5 Å². The number of carbonyl (C=O) groups excluding carboxylic acids is 1. The largest absolute Gasteiger partial charge is 0.495 e. The van der Waals surface area contributed by atoms with Crippen LogP contribution >= 0.6 is 0 Å². The normalized spacial score (nSPS) is 16.6. The predicted molar refractivity (Wildman–Crippen MR) is 128 cm³/mol. The first-order valence-corrected chi connectivity index (χ1v) is 12.4. The number of aryl methyl sites for hydroxylation is 1. The summed E-state index contributed by atoms with van der Waals surface area (Å²) in [4.78, 5) is 31.5. The molecule has 35 heavy (non-hydrogen) atoms. The molecule has 184 valence electrons. The topological polar surface area (TPSA) is 121 Å². The van der Waals surface area contributed by atoms with Crippen molar-refractivity contribution in [2.24, 2.45) is 5.92 Å². The average Bonchev–Trinajstić information content (AvgIpc) is 2.83. The van der Waals surface area contributed by atoms with Crippen LogP contribution in [0.4, 0.5) is 10.1 Å². The molecule has 2 heterocycles. The van der Waals surface area contributed by atoms with E-state index in [9.17, 15) is 22.4 Å². The van der Waals surface area contributed by atoms with E-state index < -0.39 is 21.8 Å². The lowest BCUT2D eigenvalue weighted by Gasteiger charge is -2.31. The highest BCUT2D eigenvalue weighted by Gasteiger charge is 2.35. The summed E-state index contributed by atoms with van der Waals surface area (Å²) < 4.78 is 46.5. The van der Waals surface area contributed by atoms with Crippen LogP contribution in [0.3, 0.4) is 0 Å². The second-order valence-corrected chi connectivity index (χ2v) is 10.2. The van der Waals surface area contributed by atoms with Gasteiger partial charge in [-0.2, -0.15) is 4.31 Å². The summed E-state index contributed by atoms with van der Waals surface area (Å²) in [5.41, 5.74) is 1.40. The molecule has 9 nitrogen and oxygen atoms in total. The molecule has 4 rings (SSSR count). The molecular weight excluding hydrogens is 475 g/mol. The van der Waals surface area contributed by atoms with Crippen LogP contribution in [0.2, 0.25) is 0 Å². The Hall–Kier alpha value is -3.57. The molecule has 1 saturated heterocycles. The first-order valence-electron chi connectivity index (χ1n) is 11.0. The second kappa shape index (κ2) is 9.96. The van der Waals surface area contributed by atoms with Crippen molar-refractivity contribution in [2.75, 3.05) is 25.5 Å². The van der Waals surface area contributed by atoms with Gasteiger partial charge in [-0.3, -0.25) is 9.59 Å². The van der Waals surface area contributed by atoms with Crippen molar-refractivity contribution in [1.82, 2.24) is 14.3 Å². The number of methoxy groups -OCH3 is 1. The van der Waals surface area contributed by atoms with Crippen LogP contribution in [-0.4, -0.2) is 48.8 Å². The number of sulfonamides is 1. The highest BCUT2D eigenvalue weighted by atomic mass is 32.2. The molecule has 1 fully saturated rings. The van der Waals surface area contributed by atoms with E-state index in [1.807, 2.05) is 0 Å². The molecule has 1 aromatic heterocycles. The number of nitrogens with one attached hydrogen (secondary N) is 2. The third kappa shape index (κ3) is 5.41. The third-order valence-corrected chi connectivity index (χ3v) is 7.66. The lowest BCUT2D eigenvalue weighted by atomic mass is 9.98. The zero-order chi connectivity index (χ0) is 25.2. The number of carbonyl (C=O) groups is 1. The number of benzene rings is 2. The molecule has 0 unspecified atom stereocenters. The third-order valence-electron chi connectivity index (χ3n) is 5.77. The van der Waals surface area contributed by atoms with Gasteiger partial charge in [0.25, 0.3) is 5.56 Å². The lowest BCUT2D eigenvalue weighted by molar-refractivity contribution is -0.120. The number of rotatable bonds is 6. The van der Waals surface area contributed by atoms with Gasteiger partial charge >= 0.3 is 0 Å². The van der Waals surface area contributed by atoms with E-state index in [2.05, 4.69) is 15.3 Å². The SMILES string of the molecule is COc1ccc(F)cc1S(=O)(=O)N1CCC[C@@H](C(=O)Nc2cccc(-c3nc(C)cc(=O)[nH]3)c2)C1. The van der Waals surface area contributed by atoms with Gasteiger partial charge in [0.1, 0.15) is 22.3 Å². The van der Waals surface area contributed by atoms with E-state index in [1.165, 1.54) is 23.5 Å². The monoisotopic (exact) mass is 500 g/mol. The summed E-state index contributed by atoms with van der Waals surface area (Å²) in [5, 5.41) is 2.83. The highest BCUT2D eigenvalue weighted by molar-refractivity contribution is 7.89. The van der Waals surface area contributed by atoms with Crippen molar-refractivity contribution < 1.29 is 22.3 Å². The Kier molecular flexibility index (Phi) is 6.99. The number of amides is 1. The fourth-order valence-corrected chi connectivity index (χ4v) is 5.76. The summed E-state index contributed by atoms with van der Waals surface area (Å²) in [7, 11) is -2.76. The Morgan fingerprint density at radius 3 is 2.77 bits per heavy atom. The molecule has 0 aliphatic carbocycles. The number of nitrogens with zero attached hydrogens (tertiary/aromatic N) is 2. The summed E-state index contributed by atoms with van der Waals surface area (Å²) in [6, 6.07) is 11.6. The molecule has 0 bridgehead atoms. The number of hydrogen-bond donors (Lipinski definition) is 2. The van der Waals surface area contributed by atoms with E-state index in [0.717, 1.165) is 12.1 Å². The van der Waals surface area contributed by atoms with Crippen LogP contribution in [0.15, 0.2) is 58.2 Å². The maximum atomic E-state index is 13.8. The number of halogens is 1. The fourth-order valence-electron chi connectivity index (χ4n) is 4.07. The van der Waals surface area contributed by atoms with Crippen LogP contribution in [0.5, 0.6) is 5.75 Å². The molecule has 2 aromatic carbocycles. The van der Waals surface area contributed by atoms with Gasteiger partial charge in [0.05, 0.1) is 13.0 Å². The number of H-pyrrole nitrogens is 1. The Bertz CT molecular complexity index is 1420. The number of ether oxygens (including phenoxy) is 1. The van der Waals surface area contributed by atoms with Gasteiger partial charge in [-0.05, 0) is 50.1 Å². The molecule has 1 atom stereocenters. The van der Waals surface area contributed by atoms with Crippen molar-refractivity contribution in [3.05, 3.63) is 70.4 Å². The van der Waals surface area contributed by atoms with Crippen LogP contribution < -0.4 is 15.6 Å². The number of aromatic amines is 1. The van der Waals surface area contributed by atoms with Gasteiger partial charge in [-0.15, -0.1) is 0 Å². The molecular formula is C24H25FN4O5S. The van der Waals surface area contributed by atoms with Crippen molar-refractivity contribution in [2.45, 2.75) is 24.7 Å².